The summed E-state index contributed by atoms with van der Waals surface area (Å²) in [6, 6.07) is 7.44. The standard InChI is InChI=1S/C12H17NO3/c1-9(2)7-15-11-6-4-3-5-10(11)8-16-12(13)14/h3-6,9H,7-8H2,1-2H3,(H2,13,14). The molecule has 0 atom stereocenters. The molecular weight excluding hydrogens is 206 g/mol. The van der Waals surface area contributed by atoms with Gasteiger partial charge in [0.15, 0.2) is 0 Å². The van der Waals surface area contributed by atoms with Crippen molar-refractivity contribution in [3.8, 4) is 5.75 Å². The average molecular weight is 223 g/mol. The predicted octanol–water partition coefficient (Wildman–Crippen LogP) is 2.32. The molecule has 0 heterocycles. The number of benzene rings is 1. The van der Waals surface area contributed by atoms with Crippen LogP contribution in [-0.4, -0.2) is 12.7 Å². The van der Waals surface area contributed by atoms with Crippen LogP contribution in [0.5, 0.6) is 5.75 Å². The second-order valence-corrected chi connectivity index (χ2v) is 3.92. The Bertz CT molecular complexity index is 350. The fraction of sp³-hybridized carbons (Fsp3) is 0.417. The second-order valence-electron chi connectivity index (χ2n) is 3.92. The van der Waals surface area contributed by atoms with Crippen molar-refractivity contribution in [1.82, 2.24) is 0 Å². The molecular formula is C12H17NO3. The lowest BCUT2D eigenvalue weighted by Gasteiger charge is -2.12. The highest BCUT2D eigenvalue weighted by molar-refractivity contribution is 5.64. The Kier molecular flexibility index (Phi) is 4.64. The first-order valence-electron chi connectivity index (χ1n) is 5.22. The molecule has 16 heavy (non-hydrogen) atoms. The molecule has 0 aliphatic heterocycles. The quantitative estimate of drug-likeness (QED) is 0.833. The highest BCUT2D eigenvalue weighted by Crippen LogP contribution is 2.19. The monoisotopic (exact) mass is 223 g/mol. The van der Waals surface area contributed by atoms with Crippen molar-refractivity contribution in [2.45, 2.75) is 20.5 Å². The summed E-state index contributed by atoms with van der Waals surface area (Å²) in [6.45, 7) is 4.92. The SMILES string of the molecule is CC(C)COc1ccccc1COC(N)=O. The van der Waals surface area contributed by atoms with Crippen molar-refractivity contribution in [2.75, 3.05) is 6.61 Å². The number of hydrogen-bond donors (Lipinski definition) is 1. The Morgan fingerprint density at radius 2 is 2.06 bits per heavy atom. The lowest BCUT2D eigenvalue weighted by atomic mass is 10.2. The van der Waals surface area contributed by atoms with Gasteiger partial charge in [0.2, 0.25) is 0 Å². The molecule has 0 aliphatic carbocycles. The van der Waals surface area contributed by atoms with Crippen LogP contribution < -0.4 is 10.5 Å². The van der Waals surface area contributed by atoms with Gasteiger partial charge in [-0.2, -0.15) is 0 Å². The van der Waals surface area contributed by atoms with E-state index in [1.54, 1.807) is 0 Å². The third kappa shape index (κ3) is 4.21. The lowest BCUT2D eigenvalue weighted by molar-refractivity contribution is 0.148. The maximum absolute atomic E-state index is 10.5. The van der Waals surface area contributed by atoms with Gasteiger partial charge in [-0.3, -0.25) is 0 Å². The first kappa shape index (κ1) is 12.4. The van der Waals surface area contributed by atoms with Crippen molar-refractivity contribution in [3.05, 3.63) is 29.8 Å². The molecule has 4 nitrogen and oxygen atoms in total. The first-order chi connectivity index (χ1) is 7.59. The maximum atomic E-state index is 10.5. The minimum absolute atomic E-state index is 0.142. The summed E-state index contributed by atoms with van der Waals surface area (Å²) in [7, 11) is 0. The van der Waals surface area contributed by atoms with E-state index in [1.807, 2.05) is 24.3 Å². The van der Waals surface area contributed by atoms with Crippen LogP contribution in [0.25, 0.3) is 0 Å². The Labute approximate surface area is 95.3 Å². The molecule has 0 unspecified atom stereocenters. The topological polar surface area (TPSA) is 61.6 Å². The van der Waals surface area contributed by atoms with E-state index in [1.165, 1.54) is 0 Å². The molecule has 0 saturated carbocycles. The van der Waals surface area contributed by atoms with Crippen molar-refractivity contribution in [3.63, 3.8) is 0 Å². The van der Waals surface area contributed by atoms with E-state index >= 15 is 0 Å². The molecule has 0 radical (unpaired) electrons. The van der Waals surface area contributed by atoms with Crippen LogP contribution in [0.4, 0.5) is 4.79 Å². The van der Waals surface area contributed by atoms with Gasteiger partial charge >= 0.3 is 6.09 Å². The number of hydrogen-bond acceptors (Lipinski definition) is 3. The Hall–Kier alpha value is -1.71. The Morgan fingerprint density at radius 1 is 1.38 bits per heavy atom. The molecule has 1 aromatic rings. The number of carbonyl (C=O) groups excluding carboxylic acids is 1. The van der Waals surface area contributed by atoms with Crippen LogP contribution in [0.2, 0.25) is 0 Å². The molecule has 0 aromatic heterocycles. The maximum Gasteiger partial charge on any atom is 0.404 e. The van der Waals surface area contributed by atoms with Crippen LogP contribution >= 0.6 is 0 Å². The van der Waals surface area contributed by atoms with Gasteiger partial charge in [0.05, 0.1) is 6.61 Å². The summed E-state index contributed by atoms with van der Waals surface area (Å²) < 4.78 is 10.3. The summed E-state index contributed by atoms with van der Waals surface area (Å²) >= 11 is 0. The normalized spacial score (nSPS) is 10.2. The lowest BCUT2D eigenvalue weighted by Crippen LogP contribution is -2.13. The van der Waals surface area contributed by atoms with E-state index < -0.39 is 6.09 Å². The molecule has 0 bridgehead atoms. The minimum Gasteiger partial charge on any atom is -0.493 e. The molecule has 4 heteroatoms. The summed E-state index contributed by atoms with van der Waals surface area (Å²) in [5.41, 5.74) is 5.73. The van der Waals surface area contributed by atoms with Gasteiger partial charge in [-0.05, 0) is 12.0 Å². The van der Waals surface area contributed by atoms with Gasteiger partial charge in [0, 0.05) is 5.56 Å². The molecule has 1 rings (SSSR count). The van der Waals surface area contributed by atoms with Gasteiger partial charge < -0.3 is 15.2 Å². The molecule has 0 saturated heterocycles. The predicted molar refractivity (Wildman–Crippen MR) is 61.1 cm³/mol. The summed E-state index contributed by atoms with van der Waals surface area (Å²) in [5, 5.41) is 0. The van der Waals surface area contributed by atoms with Crippen molar-refractivity contribution in [2.24, 2.45) is 11.7 Å². The third-order valence-electron chi connectivity index (χ3n) is 1.91. The first-order valence-corrected chi connectivity index (χ1v) is 5.22. The summed E-state index contributed by atoms with van der Waals surface area (Å²) in [4.78, 5) is 10.5. The van der Waals surface area contributed by atoms with Gasteiger partial charge in [-0.15, -0.1) is 0 Å². The highest BCUT2D eigenvalue weighted by atomic mass is 16.5. The number of ether oxygens (including phenoxy) is 2. The number of para-hydroxylation sites is 1. The van der Waals surface area contributed by atoms with Crippen LogP contribution in [0, 0.1) is 5.92 Å². The second kappa shape index (κ2) is 6.00. The number of amides is 1. The van der Waals surface area contributed by atoms with E-state index in [0.717, 1.165) is 11.3 Å². The van der Waals surface area contributed by atoms with Crippen molar-refractivity contribution in [1.29, 1.82) is 0 Å². The van der Waals surface area contributed by atoms with E-state index in [0.29, 0.717) is 12.5 Å². The number of primary amides is 1. The van der Waals surface area contributed by atoms with E-state index in [-0.39, 0.29) is 6.61 Å². The smallest absolute Gasteiger partial charge is 0.404 e. The Balaban J connectivity index is 2.63. The molecule has 0 aliphatic rings. The van der Waals surface area contributed by atoms with E-state index in [4.69, 9.17) is 15.2 Å². The minimum atomic E-state index is -0.779. The zero-order valence-electron chi connectivity index (χ0n) is 9.60. The van der Waals surface area contributed by atoms with Gasteiger partial charge in [0.1, 0.15) is 12.4 Å². The van der Waals surface area contributed by atoms with E-state index in [9.17, 15) is 4.79 Å². The number of nitrogens with two attached hydrogens (primary N) is 1. The van der Waals surface area contributed by atoms with Crippen LogP contribution in [0.3, 0.4) is 0 Å². The summed E-state index contributed by atoms with van der Waals surface area (Å²) in [5.74, 6) is 1.18. The van der Waals surface area contributed by atoms with Crippen LogP contribution in [0.15, 0.2) is 24.3 Å². The fourth-order valence-corrected chi connectivity index (χ4v) is 1.17. The molecule has 88 valence electrons. The summed E-state index contributed by atoms with van der Waals surface area (Å²) in [6.07, 6.45) is -0.779. The third-order valence-corrected chi connectivity index (χ3v) is 1.91. The highest BCUT2D eigenvalue weighted by Gasteiger charge is 2.05. The van der Waals surface area contributed by atoms with Gasteiger partial charge in [0.25, 0.3) is 0 Å². The van der Waals surface area contributed by atoms with E-state index in [2.05, 4.69) is 13.8 Å². The largest absolute Gasteiger partial charge is 0.493 e. The molecule has 2 N–H and O–H groups in total. The van der Waals surface area contributed by atoms with Crippen molar-refractivity contribution < 1.29 is 14.3 Å². The molecule has 1 amide bonds. The molecule has 1 aromatic carbocycles. The number of rotatable bonds is 5. The fourth-order valence-electron chi connectivity index (χ4n) is 1.17. The zero-order chi connectivity index (χ0) is 12.0. The van der Waals surface area contributed by atoms with Crippen LogP contribution in [0.1, 0.15) is 19.4 Å². The molecule has 0 fully saturated rings. The molecule has 0 spiro atoms. The Morgan fingerprint density at radius 3 is 2.69 bits per heavy atom. The van der Waals surface area contributed by atoms with Gasteiger partial charge in [-0.25, -0.2) is 4.79 Å². The van der Waals surface area contributed by atoms with Gasteiger partial charge in [-0.1, -0.05) is 32.0 Å². The van der Waals surface area contributed by atoms with Crippen molar-refractivity contribution >= 4 is 6.09 Å². The average Bonchev–Trinajstić information content (AvgIpc) is 2.24. The zero-order valence-corrected chi connectivity index (χ0v) is 9.60. The number of carbonyl (C=O) groups is 1. The van der Waals surface area contributed by atoms with Crippen LogP contribution in [-0.2, 0) is 11.3 Å².